The summed E-state index contributed by atoms with van der Waals surface area (Å²) in [5.41, 5.74) is 6.04. The molecule has 0 radical (unpaired) electrons. The highest BCUT2D eigenvalue weighted by Crippen LogP contribution is 2.19. The standard InChI is InChI=1S/C7H8N4O2/c1-4-6(12-3-9-4)7-10-5(2-8)11-13-7/h3H,2,8H2,1H3. The fourth-order valence-electron chi connectivity index (χ4n) is 0.936. The summed E-state index contributed by atoms with van der Waals surface area (Å²) in [6, 6.07) is 0. The molecule has 13 heavy (non-hydrogen) atoms. The van der Waals surface area contributed by atoms with Crippen molar-refractivity contribution in [1.82, 2.24) is 15.1 Å². The molecular weight excluding hydrogens is 172 g/mol. The van der Waals surface area contributed by atoms with E-state index in [2.05, 4.69) is 15.1 Å². The van der Waals surface area contributed by atoms with Crippen LogP contribution in [0, 0.1) is 6.92 Å². The van der Waals surface area contributed by atoms with Crippen molar-refractivity contribution in [3.05, 3.63) is 17.9 Å². The van der Waals surface area contributed by atoms with E-state index in [1.54, 1.807) is 6.92 Å². The lowest BCUT2D eigenvalue weighted by molar-refractivity contribution is 0.408. The van der Waals surface area contributed by atoms with Crippen LogP contribution in [0.25, 0.3) is 11.7 Å². The quantitative estimate of drug-likeness (QED) is 0.723. The van der Waals surface area contributed by atoms with Gasteiger partial charge in [0.2, 0.25) is 5.76 Å². The monoisotopic (exact) mass is 180 g/mol. The van der Waals surface area contributed by atoms with E-state index in [1.165, 1.54) is 6.39 Å². The predicted octanol–water partition coefficient (Wildman–Crippen LogP) is 0.492. The zero-order valence-corrected chi connectivity index (χ0v) is 7.02. The summed E-state index contributed by atoms with van der Waals surface area (Å²) in [4.78, 5) is 7.90. The number of nitrogens with two attached hydrogens (primary N) is 1. The van der Waals surface area contributed by atoms with Gasteiger partial charge in [-0.1, -0.05) is 5.16 Å². The van der Waals surface area contributed by atoms with Crippen LogP contribution in [-0.2, 0) is 6.54 Å². The van der Waals surface area contributed by atoms with Crippen LogP contribution in [0.15, 0.2) is 15.3 Å². The smallest absolute Gasteiger partial charge is 0.295 e. The van der Waals surface area contributed by atoms with Crippen LogP contribution in [0.1, 0.15) is 11.5 Å². The average molecular weight is 180 g/mol. The second kappa shape index (κ2) is 2.98. The first kappa shape index (κ1) is 7.93. The zero-order valence-electron chi connectivity index (χ0n) is 7.02. The Morgan fingerprint density at radius 1 is 1.54 bits per heavy atom. The third kappa shape index (κ3) is 1.31. The highest BCUT2D eigenvalue weighted by Gasteiger charge is 2.14. The Kier molecular flexibility index (Phi) is 1.82. The fourth-order valence-corrected chi connectivity index (χ4v) is 0.936. The second-order valence-corrected chi connectivity index (χ2v) is 2.49. The van der Waals surface area contributed by atoms with Crippen molar-refractivity contribution in [2.75, 3.05) is 0 Å². The molecular formula is C7H8N4O2. The van der Waals surface area contributed by atoms with Crippen LogP contribution < -0.4 is 5.73 Å². The summed E-state index contributed by atoms with van der Waals surface area (Å²) in [6.07, 6.45) is 1.33. The van der Waals surface area contributed by atoms with Crippen LogP contribution in [0.2, 0.25) is 0 Å². The van der Waals surface area contributed by atoms with Gasteiger partial charge in [0, 0.05) is 0 Å². The summed E-state index contributed by atoms with van der Waals surface area (Å²) in [5, 5.41) is 3.63. The van der Waals surface area contributed by atoms with Gasteiger partial charge in [-0.3, -0.25) is 0 Å². The molecule has 0 fully saturated rings. The summed E-state index contributed by atoms with van der Waals surface area (Å²) >= 11 is 0. The van der Waals surface area contributed by atoms with Crippen molar-refractivity contribution in [3.8, 4) is 11.7 Å². The Balaban J connectivity index is 2.41. The van der Waals surface area contributed by atoms with E-state index in [0.29, 0.717) is 23.2 Å². The van der Waals surface area contributed by atoms with Gasteiger partial charge in [0.1, 0.15) is 0 Å². The third-order valence-corrected chi connectivity index (χ3v) is 1.59. The van der Waals surface area contributed by atoms with E-state index < -0.39 is 0 Å². The first-order valence-corrected chi connectivity index (χ1v) is 3.74. The van der Waals surface area contributed by atoms with E-state index in [4.69, 9.17) is 14.7 Å². The van der Waals surface area contributed by atoms with E-state index in [-0.39, 0.29) is 6.54 Å². The van der Waals surface area contributed by atoms with E-state index >= 15 is 0 Å². The number of nitrogens with zero attached hydrogens (tertiary/aromatic N) is 3. The number of hydrogen-bond donors (Lipinski definition) is 1. The number of oxazole rings is 1. The van der Waals surface area contributed by atoms with Gasteiger partial charge in [-0.25, -0.2) is 4.98 Å². The van der Waals surface area contributed by atoms with E-state index in [0.717, 1.165) is 0 Å². The molecule has 0 unspecified atom stereocenters. The Hall–Kier alpha value is -1.69. The molecule has 6 nitrogen and oxygen atoms in total. The molecule has 2 rings (SSSR count). The summed E-state index contributed by atoms with van der Waals surface area (Å²) in [6.45, 7) is 2.04. The topological polar surface area (TPSA) is 91.0 Å². The summed E-state index contributed by atoms with van der Waals surface area (Å²) < 4.78 is 9.97. The largest absolute Gasteiger partial charge is 0.438 e. The predicted molar refractivity (Wildman–Crippen MR) is 42.4 cm³/mol. The minimum Gasteiger partial charge on any atom is -0.438 e. The normalized spacial score (nSPS) is 10.6. The fraction of sp³-hybridized carbons (Fsp3) is 0.286. The minimum atomic E-state index is 0.247. The number of rotatable bonds is 2. The van der Waals surface area contributed by atoms with Crippen LogP contribution >= 0.6 is 0 Å². The molecule has 0 saturated carbocycles. The maximum atomic E-state index is 5.32. The molecule has 0 aliphatic heterocycles. The SMILES string of the molecule is Cc1ncoc1-c1nc(CN)no1. The molecule has 0 bridgehead atoms. The van der Waals surface area contributed by atoms with Crippen molar-refractivity contribution >= 4 is 0 Å². The molecule has 0 atom stereocenters. The Morgan fingerprint density at radius 3 is 2.92 bits per heavy atom. The summed E-state index contributed by atoms with van der Waals surface area (Å²) in [7, 11) is 0. The lowest BCUT2D eigenvalue weighted by atomic mass is 10.4. The maximum Gasteiger partial charge on any atom is 0.295 e. The first-order chi connectivity index (χ1) is 6.31. The molecule has 0 saturated heterocycles. The third-order valence-electron chi connectivity index (χ3n) is 1.59. The Morgan fingerprint density at radius 2 is 2.38 bits per heavy atom. The lowest BCUT2D eigenvalue weighted by Crippen LogP contribution is -1.97. The van der Waals surface area contributed by atoms with Gasteiger partial charge < -0.3 is 14.7 Å². The molecule has 0 spiro atoms. The summed E-state index contributed by atoms with van der Waals surface area (Å²) in [5.74, 6) is 1.26. The van der Waals surface area contributed by atoms with Crippen LogP contribution in [0.4, 0.5) is 0 Å². The number of aromatic nitrogens is 3. The number of hydrogen-bond acceptors (Lipinski definition) is 6. The van der Waals surface area contributed by atoms with Gasteiger partial charge in [-0.2, -0.15) is 4.98 Å². The number of aryl methyl sites for hydroxylation is 1. The van der Waals surface area contributed by atoms with Gasteiger partial charge >= 0.3 is 0 Å². The first-order valence-electron chi connectivity index (χ1n) is 3.74. The average Bonchev–Trinajstić information content (AvgIpc) is 2.71. The molecule has 0 amide bonds. The highest BCUT2D eigenvalue weighted by molar-refractivity contribution is 5.46. The molecule has 2 N–H and O–H groups in total. The van der Waals surface area contributed by atoms with Crippen molar-refractivity contribution in [2.24, 2.45) is 5.73 Å². The van der Waals surface area contributed by atoms with Crippen molar-refractivity contribution in [3.63, 3.8) is 0 Å². The molecule has 0 aliphatic carbocycles. The van der Waals surface area contributed by atoms with Crippen LogP contribution in [0.3, 0.4) is 0 Å². The molecule has 0 aliphatic rings. The maximum absolute atomic E-state index is 5.32. The zero-order chi connectivity index (χ0) is 9.26. The molecule has 2 aromatic rings. The molecule has 2 heterocycles. The molecule has 6 heteroatoms. The van der Waals surface area contributed by atoms with Crippen molar-refractivity contribution in [2.45, 2.75) is 13.5 Å². The highest BCUT2D eigenvalue weighted by atomic mass is 16.5. The van der Waals surface area contributed by atoms with E-state index in [1.807, 2.05) is 0 Å². The van der Waals surface area contributed by atoms with Crippen molar-refractivity contribution in [1.29, 1.82) is 0 Å². The second-order valence-electron chi connectivity index (χ2n) is 2.49. The van der Waals surface area contributed by atoms with Crippen molar-refractivity contribution < 1.29 is 8.94 Å². The van der Waals surface area contributed by atoms with Gasteiger partial charge in [-0.15, -0.1) is 0 Å². The Bertz CT molecular complexity index is 406. The minimum absolute atomic E-state index is 0.247. The Labute approximate surface area is 73.8 Å². The molecule has 0 aromatic carbocycles. The van der Waals surface area contributed by atoms with Crippen LogP contribution in [0.5, 0.6) is 0 Å². The van der Waals surface area contributed by atoms with Gasteiger partial charge in [0.15, 0.2) is 12.2 Å². The molecule has 2 aromatic heterocycles. The van der Waals surface area contributed by atoms with Gasteiger partial charge in [-0.05, 0) is 6.92 Å². The molecule has 68 valence electrons. The lowest BCUT2D eigenvalue weighted by Gasteiger charge is -1.85. The van der Waals surface area contributed by atoms with Gasteiger partial charge in [0.05, 0.1) is 12.2 Å². The van der Waals surface area contributed by atoms with Crippen LogP contribution in [-0.4, -0.2) is 15.1 Å². The van der Waals surface area contributed by atoms with E-state index in [9.17, 15) is 0 Å². The van der Waals surface area contributed by atoms with Gasteiger partial charge in [0.25, 0.3) is 5.89 Å².